The minimum atomic E-state index is -0.774. The molecule has 8 nitrogen and oxygen atoms in total. The number of pyridine rings is 1. The minimum absolute atomic E-state index is 0.0156. The number of carbonyl (C=O) groups is 2. The molecule has 1 aromatic heterocycles. The van der Waals surface area contributed by atoms with E-state index in [-0.39, 0.29) is 23.9 Å². The van der Waals surface area contributed by atoms with Gasteiger partial charge in [-0.3, -0.25) is 14.5 Å². The van der Waals surface area contributed by atoms with Gasteiger partial charge in [-0.1, -0.05) is 61.5 Å². The Morgan fingerprint density at radius 1 is 1.06 bits per heavy atom. The number of nitrogens with zero attached hydrogens (tertiary/aromatic N) is 3. The fraction of sp³-hybridized carbons (Fsp3) is 0.174. The van der Waals surface area contributed by atoms with Crippen molar-refractivity contribution in [2.45, 2.75) is 19.4 Å². The van der Waals surface area contributed by atoms with Crippen LogP contribution in [-0.2, 0) is 4.79 Å². The van der Waals surface area contributed by atoms with E-state index in [1.54, 1.807) is 19.1 Å². The molecule has 156 valence electrons. The number of anilines is 1. The Morgan fingerprint density at radius 2 is 1.74 bits per heavy atom. The maximum atomic E-state index is 12.9. The van der Waals surface area contributed by atoms with Crippen molar-refractivity contribution in [2.24, 2.45) is 0 Å². The number of nitro groups is 1. The van der Waals surface area contributed by atoms with Crippen molar-refractivity contribution in [1.29, 1.82) is 0 Å². The molecule has 1 amide bonds. The van der Waals surface area contributed by atoms with E-state index in [0.717, 1.165) is 11.1 Å². The molecular weight excluding hydrogens is 398 g/mol. The molecule has 1 aliphatic heterocycles. The first-order valence-corrected chi connectivity index (χ1v) is 9.80. The van der Waals surface area contributed by atoms with Crippen molar-refractivity contribution >= 4 is 23.3 Å². The van der Waals surface area contributed by atoms with E-state index < -0.39 is 22.8 Å². The van der Waals surface area contributed by atoms with Crippen molar-refractivity contribution in [3.63, 3.8) is 0 Å². The zero-order valence-electron chi connectivity index (χ0n) is 16.7. The largest absolute Gasteiger partial charge is 0.474 e. The molecule has 0 N–H and O–H groups in total. The average Bonchev–Trinajstić information content (AvgIpc) is 2.81. The standard InChI is InChI=1S/C23H19N3O5/c1-2-19-23(28)25(22-20(31-19)12-13-21(24-22)26(29)30)14-18(27)17-10-8-16(9-11-17)15-6-4-3-5-7-15/h3-13,19H,2,14H2,1H3. The predicted octanol–water partition coefficient (Wildman–Crippen LogP) is 4.04. The molecule has 8 heteroatoms. The lowest BCUT2D eigenvalue weighted by atomic mass is 10.0. The summed E-state index contributed by atoms with van der Waals surface area (Å²) in [6, 6.07) is 19.5. The number of ether oxygens (including phenoxy) is 1. The number of carbonyl (C=O) groups excluding carboxylic acids is 2. The van der Waals surface area contributed by atoms with Gasteiger partial charge in [-0.2, -0.15) is 0 Å². The Hall–Kier alpha value is -4.07. The molecule has 31 heavy (non-hydrogen) atoms. The quantitative estimate of drug-likeness (QED) is 0.341. The molecular formula is C23H19N3O5. The van der Waals surface area contributed by atoms with Crippen LogP contribution in [0.5, 0.6) is 5.75 Å². The summed E-state index contributed by atoms with van der Waals surface area (Å²) in [6.45, 7) is 1.50. The van der Waals surface area contributed by atoms with Crippen LogP contribution in [0.15, 0.2) is 66.7 Å². The van der Waals surface area contributed by atoms with Gasteiger partial charge in [0.2, 0.25) is 0 Å². The Morgan fingerprint density at radius 3 is 2.39 bits per heavy atom. The summed E-state index contributed by atoms with van der Waals surface area (Å²) in [5.74, 6) is -0.946. The van der Waals surface area contributed by atoms with Crippen molar-refractivity contribution in [3.05, 3.63) is 82.4 Å². The lowest BCUT2D eigenvalue weighted by Gasteiger charge is -2.30. The number of amides is 1. The smallest absolute Gasteiger partial charge is 0.366 e. The molecule has 0 radical (unpaired) electrons. The first kappa shape index (κ1) is 20.2. The van der Waals surface area contributed by atoms with Gasteiger partial charge in [0, 0.05) is 11.6 Å². The minimum Gasteiger partial charge on any atom is -0.474 e. The fourth-order valence-electron chi connectivity index (χ4n) is 3.42. The van der Waals surface area contributed by atoms with E-state index in [4.69, 9.17) is 4.74 Å². The molecule has 1 unspecified atom stereocenters. The maximum absolute atomic E-state index is 12.9. The maximum Gasteiger partial charge on any atom is 0.366 e. The summed E-state index contributed by atoms with van der Waals surface area (Å²) in [6.07, 6.45) is -0.379. The summed E-state index contributed by atoms with van der Waals surface area (Å²) >= 11 is 0. The van der Waals surface area contributed by atoms with E-state index in [1.165, 1.54) is 17.0 Å². The second-order valence-corrected chi connectivity index (χ2v) is 7.05. The third-order valence-corrected chi connectivity index (χ3v) is 5.06. The number of ketones is 1. The lowest BCUT2D eigenvalue weighted by molar-refractivity contribution is -0.389. The Kier molecular flexibility index (Phi) is 5.44. The van der Waals surface area contributed by atoms with Gasteiger partial charge in [0.15, 0.2) is 17.6 Å². The third kappa shape index (κ3) is 4.00. The molecule has 3 aromatic rings. The van der Waals surface area contributed by atoms with Crippen molar-refractivity contribution in [2.75, 3.05) is 11.4 Å². The van der Waals surface area contributed by atoms with Crippen LogP contribution in [0.1, 0.15) is 23.7 Å². The summed E-state index contributed by atoms with van der Waals surface area (Å²) in [5, 5.41) is 11.1. The molecule has 2 heterocycles. The van der Waals surface area contributed by atoms with Crippen LogP contribution in [0, 0.1) is 10.1 Å². The Bertz CT molecular complexity index is 1150. The first-order chi connectivity index (χ1) is 15.0. The fourth-order valence-corrected chi connectivity index (χ4v) is 3.42. The van der Waals surface area contributed by atoms with Gasteiger partial charge < -0.3 is 14.9 Å². The third-order valence-electron chi connectivity index (χ3n) is 5.06. The topological polar surface area (TPSA) is 103 Å². The average molecular weight is 417 g/mol. The summed E-state index contributed by atoms with van der Waals surface area (Å²) in [7, 11) is 0. The SMILES string of the molecule is CCC1Oc2ccc([N+](=O)[O-])nc2N(CC(=O)c2ccc(-c3ccccc3)cc2)C1=O. The summed E-state index contributed by atoms with van der Waals surface area (Å²) in [4.78, 5) is 41.4. The van der Waals surface area contributed by atoms with Gasteiger partial charge in [0.25, 0.3) is 11.7 Å². The van der Waals surface area contributed by atoms with Crippen molar-refractivity contribution < 1.29 is 19.2 Å². The normalized spacial score (nSPS) is 15.2. The number of hydrogen-bond acceptors (Lipinski definition) is 6. The number of hydrogen-bond donors (Lipinski definition) is 0. The summed E-state index contributed by atoms with van der Waals surface area (Å²) in [5.41, 5.74) is 2.42. The van der Waals surface area contributed by atoms with Gasteiger partial charge in [0.1, 0.15) is 0 Å². The molecule has 0 bridgehead atoms. The summed E-state index contributed by atoms with van der Waals surface area (Å²) < 4.78 is 5.62. The van der Waals surface area contributed by atoms with Crippen LogP contribution >= 0.6 is 0 Å². The van der Waals surface area contributed by atoms with Crippen LogP contribution in [0.2, 0.25) is 0 Å². The van der Waals surface area contributed by atoms with E-state index in [2.05, 4.69) is 4.98 Å². The van der Waals surface area contributed by atoms with E-state index >= 15 is 0 Å². The molecule has 2 aromatic carbocycles. The van der Waals surface area contributed by atoms with Gasteiger partial charge in [-0.05, 0) is 33.5 Å². The number of aromatic nitrogens is 1. The zero-order valence-corrected chi connectivity index (χ0v) is 16.7. The number of rotatable bonds is 6. The molecule has 0 saturated carbocycles. The number of Topliss-reactive ketones (excluding diaryl/α,β-unsaturated/α-hetero) is 1. The molecule has 0 saturated heterocycles. The predicted molar refractivity (Wildman–Crippen MR) is 114 cm³/mol. The molecule has 0 fully saturated rings. The molecule has 1 aliphatic rings. The van der Waals surface area contributed by atoms with Crippen molar-refractivity contribution in [3.8, 4) is 16.9 Å². The second kappa shape index (κ2) is 8.35. The van der Waals surface area contributed by atoms with Gasteiger partial charge in [-0.25, -0.2) is 0 Å². The van der Waals surface area contributed by atoms with E-state index in [1.807, 2.05) is 42.5 Å². The van der Waals surface area contributed by atoms with E-state index in [0.29, 0.717) is 12.0 Å². The highest BCUT2D eigenvalue weighted by Gasteiger charge is 2.39. The first-order valence-electron chi connectivity index (χ1n) is 9.80. The highest BCUT2D eigenvalue weighted by molar-refractivity contribution is 6.07. The number of fused-ring (bicyclic) bond motifs is 1. The molecule has 4 rings (SSSR count). The van der Waals surface area contributed by atoms with Crippen LogP contribution in [0.3, 0.4) is 0 Å². The van der Waals surface area contributed by atoms with Crippen LogP contribution < -0.4 is 9.64 Å². The molecule has 0 aliphatic carbocycles. The number of benzene rings is 2. The van der Waals surface area contributed by atoms with Gasteiger partial charge >= 0.3 is 5.82 Å². The van der Waals surface area contributed by atoms with Crippen LogP contribution in [0.25, 0.3) is 11.1 Å². The second-order valence-electron chi connectivity index (χ2n) is 7.05. The Labute approximate surface area is 178 Å². The van der Waals surface area contributed by atoms with Gasteiger partial charge in [0.05, 0.1) is 6.54 Å². The highest BCUT2D eigenvalue weighted by Crippen LogP contribution is 2.34. The van der Waals surface area contributed by atoms with Gasteiger partial charge in [-0.15, -0.1) is 0 Å². The van der Waals surface area contributed by atoms with Crippen LogP contribution in [0.4, 0.5) is 11.6 Å². The van der Waals surface area contributed by atoms with Crippen molar-refractivity contribution in [1.82, 2.24) is 4.98 Å². The Balaban J connectivity index is 1.61. The highest BCUT2D eigenvalue weighted by atomic mass is 16.6. The molecule has 1 atom stereocenters. The zero-order chi connectivity index (χ0) is 22.0. The molecule has 0 spiro atoms. The monoisotopic (exact) mass is 417 g/mol. The van der Waals surface area contributed by atoms with Crippen LogP contribution in [-0.4, -0.2) is 34.2 Å². The lowest BCUT2D eigenvalue weighted by Crippen LogP contribution is -2.48. The van der Waals surface area contributed by atoms with E-state index in [9.17, 15) is 19.7 Å².